The van der Waals surface area contributed by atoms with E-state index in [1.165, 1.54) is 0 Å². The molecule has 1 fully saturated rings. The maximum absolute atomic E-state index is 9.44. The summed E-state index contributed by atoms with van der Waals surface area (Å²) < 4.78 is 25.3. The number of aliphatic hydroxyl groups is 1. The fourth-order valence-corrected chi connectivity index (χ4v) is 4.40. The lowest BCUT2D eigenvalue weighted by molar-refractivity contribution is -0.217. The standard InChI is InChI=1S/C30H36O5/c31-18-10-17-27-28(33-21-25-13-6-2-7-14-25)19-29(34-22-26-15-8-3-9-16-26)30(35-27)23-32-20-24-11-4-1-5-12-24/h1-9,11-16,27-31H,10,17-23H2/t27-,28+,29-,30+/m0/s1. The molecule has 1 heterocycles. The third-order valence-electron chi connectivity index (χ3n) is 6.30. The molecule has 0 aromatic heterocycles. The van der Waals surface area contributed by atoms with E-state index in [9.17, 15) is 5.11 Å². The zero-order valence-corrected chi connectivity index (χ0v) is 20.2. The lowest BCUT2D eigenvalue weighted by atomic mass is 9.95. The number of benzene rings is 3. The predicted molar refractivity (Wildman–Crippen MR) is 136 cm³/mol. The van der Waals surface area contributed by atoms with Gasteiger partial charge in [-0.05, 0) is 29.5 Å². The van der Waals surface area contributed by atoms with Gasteiger partial charge in [-0.15, -0.1) is 0 Å². The normalized spacial score (nSPS) is 22.2. The van der Waals surface area contributed by atoms with E-state index in [0.29, 0.717) is 32.8 Å². The van der Waals surface area contributed by atoms with Crippen molar-refractivity contribution in [2.45, 2.75) is 63.5 Å². The summed E-state index contributed by atoms with van der Waals surface area (Å²) in [7, 11) is 0. The summed E-state index contributed by atoms with van der Waals surface area (Å²) in [5.74, 6) is 0. The molecule has 35 heavy (non-hydrogen) atoms. The summed E-state index contributed by atoms with van der Waals surface area (Å²) in [5, 5.41) is 9.44. The first-order chi connectivity index (χ1) is 17.3. The monoisotopic (exact) mass is 476 g/mol. The molecule has 0 saturated carbocycles. The van der Waals surface area contributed by atoms with Gasteiger partial charge in [0.05, 0.1) is 44.7 Å². The minimum absolute atomic E-state index is 0.118. The number of rotatable bonds is 13. The average Bonchev–Trinajstić information content (AvgIpc) is 2.92. The molecule has 186 valence electrons. The van der Waals surface area contributed by atoms with E-state index in [2.05, 4.69) is 36.4 Å². The number of ether oxygens (including phenoxy) is 4. The van der Waals surface area contributed by atoms with Crippen LogP contribution in [0.2, 0.25) is 0 Å². The van der Waals surface area contributed by atoms with Crippen LogP contribution < -0.4 is 0 Å². The Bertz CT molecular complexity index is 950. The van der Waals surface area contributed by atoms with E-state index < -0.39 is 0 Å². The van der Waals surface area contributed by atoms with Crippen LogP contribution in [-0.4, -0.2) is 42.7 Å². The van der Waals surface area contributed by atoms with Gasteiger partial charge in [0.2, 0.25) is 0 Å². The van der Waals surface area contributed by atoms with E-state index in [1.807, 2.05) is 54.6 Å². The third-order valence-corrected chi connectivity index (χ3v) is 6.30. The predicted octanol–water partition coefficient (Wildman–Crippen LogP) is 5.30. The zero-order chi connectivity index (χ0) is 24.1. The summed E-state index contributed by atoms with van der Waals surface area (Å²) in [4.78, 5) is 0. The van der Waals surface area contributed by atoms with Gasteiger partial charge in [0, 0.05) is 13.0 Å². The van der Waals surface area contributed by atoms with E-state index in [-0.39, 0.29) is 31.0 Å². The molecular weight excluding hydrogens is 440 g/mol. The van der Waals surface area contributed by atoms with Crippen LogP contribution in [-0.2, 0) is 38.8 Å². The molecule has 4 atom stereocenters. The molecule has 5 nitrogen and oxygen atoms in total. The highest BCUT2D eigenvalue weighted by Crippen LogP contribution is 2.29. The lowest BCUT2D eigenvalue weighted by Crippen LogP contribution is -2.51. The maximum Gasteiger partial charge on any atom is 0.108 e. The van der Waals surface area contributed by atoms with Crippen LogP contribution in [0.25, 0.3) is 0 Å². The zero-order valence-electron chi connectivity index (χ0n) is 20.2. The molecule has 4 rings (SSSR count). The van der Waals surface area contributed by atoms with Gasteiger partial charge in [-0.1, -0.05) is 91.0 Å². The smallest absolute Gasteiger partial charge is 0.108 e. The highest BCUT2D eigenvalue weighted by molar-refractivity contribution is 5.15. The Hall–Kier alpha value is -2.54. The number of hydrogen-bond acceptors (Lipinski definition) is 5. The van der Waals surface area contributed by atoms with Crippen molar-refractivity contribution < 1.29 is 24.1 Å². The van der Waals surface area contributed by atoms with Crippen molar-refractivity contribution in [3.8, 4) is 0 Å². The Labute approximate surface area is 208 Å². The SMILES string of the molecule is OCCC[C@@H]1O[C@H](COCc2ccccc2)[C@@H](OCc2ccccc2)C[C@H]1OCc1ccccc1. The Morgan fingerprint density at radius 2 is 1.14 bits per heavy atom. The van der Waals surface area contributed by atoms with Gasteiger partial charge < -0.3 is 24.1 Å². The van der Waals surface area contributed by atoms with Crippen LogP contribution in [0.4, 0.5) is 0 Å². The van der Waals surface area contributed by atoms with Crippen LogP contribution in [0.15, 0.2) is 91.0 Å². The fourth-order valence-electron chi connectivity index (χ4n) is 4.40. The molecule has 0 bridgehead atoms. The topological polar surface area (TPSA) is 57.2 Å². The second-order valence-electron chi connectivity index (χ2n) is 8.99. The van der Waals surface area contributed by atoms with E-state index in [1.54, 1.807) is 0 Å². The third kappa shape index (κ3) is 8.27. The Kier molecular flexibility index (Phi) is 10.3. The van der Waals surface area contributed by atoms with Gasteiger partial charge in [0.1, 0.15) is 6.10 Å². The molecule has 0 aliphatic carbocycles. The summed E-state index contributed by atoms with van der Waals surface area (Å²) in [6, 6.07) is 30.5. The number of hydrogen-bond donors (Lipinski definition) is 1. The highest BCUT2D eigenvalue weighted by atomic mass is 16.6. The fraction of sp³-hybridized carbons (Fsp3) is 0.400. The van der Waals surface area contributed by atoms with Crippen LogP contribution >= 0.6 is 0 Å². The van der Waals surface area contributed by atoms with Gasteiger partial charge in [0.15, 0.2) is 0 Å². The molecule has 1 saturated heterocycles. The van der Waals surface area contributed by atoms with Crippen molar-refractivity contribution in [3.05, 3.63) is 108 Å². The lowest BCUT2D eigenvalue weighted by Gasteiger charge is -2.41. The van der Waals surface area contributed by atoms with Crippen molar-refractivity contribution in [1.82, 2.24) is 0 Å². The Balaban J connectivity index is 1.42. The summed E-state index contributed by atoms with van der Waals surface area (Å²) in [5.41, 5.74) is 3.38. The highest BCUT2D eigenvalue weighted by Gasteiger charge is 2.39. The van der Waals surface area contributed by atoms with E-state index in [0.717, 1.165) is 29.5 Å². The summed E-state index contributed by atoms with van der Waals surface area (Å²) in [6.45, 7) is 2.13. The van der Waals surface area contributed by atoms with Gasteiger partial charge in [-0.3, -0.25) is 0 Å². The number of aliphatic hydroxyl groups excluding tert-OH is 1. The van der Waals surface area contributed by atoms with Crippen molar-refractivity contribution in [3.63, 3.8) is 0 Å². The van der Waals surface area contributed by atoms with Crippen molar-refractivity contribution >= 4 is 0 Å². The largest absolute Gasteiger partial charge is 0.396 e. The molecule has 1 aliphatic rings. The average molecular weight is 477 g/mol. The van der Waals surface area contributed by atoms with Crippen LogP contribution in [0, 0.1) is 0 Å². The second-order valence-corrected chi connectivity index (χ2v) is 8.99. The molecule has 1 N–H and O–H groups in total. The molecule has 3 aromatic rings. The molecule has 0 radical (unpaired) electrons. The van der Waals surface area contributed by atoms with Crippen LogP contribution in [0.3, 0.4) is 0 Å². The van der Waals surface area contributed by atoms with E-state index in [4.69, 9.17) is 18.9 Å². The quantitative estimate of drug-likeness (QED) is 0.363. The molecule has 0 unspecified atom stereocenters. The van der Waals surface area contributed by atoms with Gasteiger partial charge >= 0.3 is 0 Å². The van der Waals surface area contributed by atoms with Gasteiger partial charge in [0.25, 0.3) is 0 Å². The minimum atomic E-state index is -0.206. The van der Waals surface area contributed by atoms with Gasteiger partial charge in [-0.2, -0.15) is 0 Å². The summed E-state index contributed by atoms with van der Waals surface area (Å²) >= 11 is 0. The first-order valence-corrected chi connectivity index (χ1v) is 12.5. The maximum atomic E-state index is 9.44. The molecule has 1 aliphatic heterocycles. The Morgan fingerprint density at radius 1 is 0.657 bits per heavy atom. The van der Waals surface area contributed by atoms with Crippen LogP contribution in [0.5, 0.6) is 0 Å². The molecule has 0 amide bonds. The van der Waals surface area contributed by atoms with Crippen molar-refractivity contribution in [2.75, 3.05) is 13.2 Å². The summed E-state index contributed by atoms with van der Waals surface area (Å²) in [6.07, 6.45) is 1.52. The Morgan fingerprint density at radius 3 is 1.66 bits per heavy atom. The van der Waals surface area contributed by atoms with E-state index >= 15 is 0 Å². The molecule has 0 spiro atoms. The molecule has 3 aromatic carbocycles. The minimum Gasteiger partial charge on any atom is -0.396 e. The first-order valence-electron chi connectivity index (χ1n) is 12.5. The van der Waals surface area contributed by atoms with Crippen molar-refractivity contribution in [2.24, 2.45) is 0 Å². The molecule has 5 heteroatoms. The van der Waals surface area contributed by atoms with Crippen LogP contribution in [0.1, 0.15) is 36.0 Å². The first kappa shape index (κ1) is 25.5. The molecular formula is C30H36O5. The van der Waals surface area contributed by atoms with Gasteiger partial charge in [-0.25, -0.2) is 0 Å². The second kappa shape index (κ2) is 14.1. The van der Waals surface area contributed by atoms with Crippen molar-refractivity contribution in [1.29, 1.82) is 0 Å².